The maximum Gasteiger partial charge on any atom is 0.333 e. The molecule has 11 nitrogen and oxygen atoms in total. The zero-order valence-electron chi connectivity index (χ0n) is 19.5. The van der Waals surface area contributed by atoms with Crippen LogP contribution in [0.5, 0.6) is 0 Å². The number of hydrogen-bond donors (Lipinski definition) is 5. The predicted octanol–water partition coefficient (Wildman–Crippen LogP) is -0.735. The lowest BCUT2D eigenvalue weighted by atomic mass is 9.92. The van der Waals surface area contributed by atoms with Crippen molar-refractivity contribution in [3.8, 4) is 0 Å². The summed E-state index contributed by atoms with van der Waals surface area (Å²) in [5.74, 6) is -2.03. The summed E-state index contributed by atoms with van der Waals surface area (Å²) in [7, 11) is 0. The van der Waals surface area contributed by atoms with Gasteiger partial charge in [-0.15, -0.1) is 0 Å². The summed E-state index contributed by atoms with van der Waals surface area (Å²) < 4.78 is 15.1. The topological polar surface area (TPSA) is 180 Å². The summed E-state index contributed by atoms with van der Waals surface area (Å²) in [6, 6.07) is 0. The molecule has 0 atom stereocenters. The van der Waals surface area contributed by atoms with Crippen molar-refractivity contribution in [3.05, 3.63) is 36.5 Å². The highest BCUT2D eigenvalue weighted by atomic mass is 16.6. The molecular formula is C22H36O11. The van der Waals surface area contributed by atoms with Gasteiger partial charge in [0.1, 0.15) is 19.8 Å². The fraction of sp³-hybridized carbons (Fsp3) is 0.591. The average Bonchev–Trinajstić information content (AvgIpc) is 2.80. The number of carbonyl (C=O) groups excluding carboxylic acids is 3. The van der Waals surface area contributed by atoms with Crippen molar-refractivity contribution in [2.24, 2.45) is 10.8 Å². The van der Waals surface area contributed by atoms with Gasteiger partial charge in [-0.2, -0.15) is 0 Å². The van der Waals surface area contributed by atoms with Crippen LogP contribution in [0.15, 0.2) is 36.5 Å². The molecule has 0 spiro atoms. The second kappa shape index (κ2) is 16.1. The van der Waals surface area contributed by atoms with Gasteiger partial charge in [0.2, 0.25) is 0 Å². The van der Waals surface area contributed by atoms with Crippen molar-refractivity contribution in [3.63, 3.8) is 0 Å². The van der Waals surface area contributed by atoms with Crippen LogP contribution in [0, 0.1) is 10.8 Å². The second-order valence-corrected chi connectivity index (χ2v) is 7.86. The van der Waals surface area contributed by atoms with Crippen LogP contribution in [0.2, 0.25) is 0 Å². The Labute approximate surface area is 193 Å². The van der Waals surface area contributed by atoms with Crippen LogP contribution < -0.4 is 0 Å². The highest BCUT2D eigenvalue weighted by molar-refractivity contribution is 5.88. The second-order valence-electron chi connectivity index (χ2n) is 7.86. The standard InChI is InChI=1S/C17H24O7.C5H12O4/c1-11(2)14(19)22-8-17(7-18,9-23-15(20)12(3)4)10-24-16(21)13(5)6;6-1-5(2-7,3-8)4-9/h18H,1,3,5,7-10H2,2,4,6H3;6-9H,1-4H2. The zero-order chi connectivity index (χ0) is 26.2. The van der Waals surface area contributed by atoms with E-state index in [1.54, 1.807) is 0 Å². The van der Waals surface area contributed by atoms with Gasteiger partial charge < -0.3 is 39.7 Å². The first kappa shape index (κ1) is 32.6. The Bertz CT molecular complexity index is 601. The molecule has 0 aliphatic heterocycles. The van der Waals surface area contributed by atoms with Crippen LogP contribution in [0.4, 0.5) is 0 Å². The molecule has 0 aliphatic rings. The van der Waals surface area contributed by atoms with Crippen molar-refractivity contribution >= 4 is 17.9 Å². The molecule has 0 aromatic rings. The fourth-order valence-corrected chi connectivity index (χ4v) is 1.59. The van der Waals surface area contributed by atoms with Gasteiger partial charge in [-0.1, -0.05) is 19.7 Å². The molecule has 0 fully saturated rings. The van der Waals surface area contributed by atoms with Crippen molar-refractivity contribution in [1.29, 1.82) is 0 Å². The summed E-state index contributed by atoms with van der Waals surface area (Å²) in [6.07, 6.45) is 0. The highest BCUT2D eigenvalue weighted by Crippen LogP contribution is 2.21. The van der Waals surface area contributed by atoms with Crippen LogP contribution in [0.1, 0.15) is 20.8 Å². The molecule has 5 N–H and O–H groups in total. The van der Waals surface area contributed by atoms with E-state index >= 15 is 0 Å². The summed E-state index contributed by atoms with van der Waals surface area (Å²) in [5, 5.41) is 43.7. The van der Waals surface area contributed by atoms with Gasteiger partial charge in [0, 0.05) is 16.7 Å². The summed E-state index contributed by atoms with van der Waals surface area (Å²) in [6.45, 7) is 11.6. The first-order chi connectivity index (χ1) is 15.3. The molecule has 190 valence electrons. The predicted molar refractivity (Wildman–Crippen MR) is 118 cm³/mol. The summed E-state index contributed by atoms with van der Waals surface area (Å²) >= 11 is 0. The number of ether oxygens (including phenoxy) is 3. The Hall–Kier alpha value is -2.57. The smallest absolute Gasteiger partial charge is 0.333 e. The number of hydrogen-bond acceptors (Lipinski definition) is 11. The lowest BCUT2D eigenvalue weighted by Gasteiger charge is -2.30. The molecule has 11 heteroatoms. The quantitative estimate of drug-likeness (QED) is 0.121. The minimum absolute atomic E-state index is 0.166. The van der Waals surface area contributed by atoms with Gasteiger partial charge in [0.05, 0.1) is 43.9 Å². The highest BCUT2D eigenvalue weighted by Gasteiger charge is 2.35. The third-order valence-electron chi connectivity index (χ3n) is 4.25. The van der Waals surface area contributed by atoms with E-state index in [0.29, 0.717) is 0 Å². The van der Waals surface area contributed by atoms with E-state index < -0.39 is 61.8 Å². The molecule has 0 amide bonds. The fourth-order valence-electron chi connectivity index (χ4n) is 1.59. The Morgan fingerprint density at radius 1 is 0.545 bits per heavy atom. The molecule has 0 heterocycles. The van der Waals surface area contributed by atoms with E-state index in [1.165, 1.54) is 20.8 Å². The Kier molecular flexibility index (Phi) is 15.9. The number of rotatable bonds is 14. The molecule has 0 aromatic heterocycles. The maximum atomic E-state index is 11.6. The molecule has 0 rings (SSSR count). The molecule has 0 saturated heterocycles. The minimum Gasteiger partial charge on any atom is -0.461 e. The number of esters is 3. The SMILES string of the molecule is C=C(C)C(=O)OCC(CO)(COC(=O)C(=C)C)COC(=O)C(=C)C.OCC(CO)(CO)CO. The monoisotopic (exact) mass is 476 g/mol. The summed E-state index contributed by atoms with van der Waals surface area (Å²) in [4.78, 5) is 34.7. The van der Waals surface area contributed by atoms with Gasteiger partial charge in [0.15, 0.2) is 0 Å². The van der Waals surface area contributed by atoms with E-state index in [4.69, 9.17) is 34.6 Å². The van der Waals surface area contributed by atoms with Crippen LogP contribution in [-0.2, 0) is 28.6 Å². The number of aliphatic hydroxyl groups excluding tert-OH is 5. The number of carbonyl (C=O) groups is 3. The normalized spacial score (nSPS) is 10.9. The average molecular weight is 477 g/mol. The largest absolute Gasteiger partial charge is 0.461 e. The molecule has 0 saturated carbocycles. The molecule has 0 bridgehead atoms. The minimum atomic E-state index is -1.30. The first-order valence-electron chi connectivity index (χ1n) is 9.81. The van der Waals surface area contributed by atoms with Crippen molar-refractivity contribution in [2.75, 3.05) is 52.9 Å². The molecule has 33 heavy (non-hydrogen) atoms. The van der Waals surface area contributed by atoms with Crippen molar-refractivity contribution < 1.29 is 54.1 Å². The van der Waals surface area contributed by atoms with Crippen LogP contribution >= 0.6 is 0 Å². The van der Waals surface area contributed by atoms with E-state index in [9.17, 15) is 19.5 Å². The van der Waals surface area contributed by atoms with Crippen LogP contribution in [-0.4, -0.2) is 96.3 Å². The lowest BCUT2D eigenvalue weighted by Crippen LogP contribution is -2.42. The van der Waals surface area contributed by atoms with Gasteiger partial charge in [-0.25, -0.2) is 14.4 Å². The third-order valence-corrected chi connectivity index (χ3v) is 4.25. The molecule has 0 aromatic carbocycles. The summed E-state index contributed by atoms with van der Waals surface area (Å²) in [5.41, 5.74) is -1.92. The zero-order valence-corrected chi connectivity index (χ0v) is 19.5. The van der Waals surface area contributed by atoms with Crippen LogP contribution in [0.25, 0.3) is 0 Å². The Morgan fingerprint density at radius 2 is 0.758 bits per heavy atom. The van der Waals surface area contributed by atoms with E-state index in [1.807, 2.05) is 0 Å². The maximum absolute atomic E-state index is 11.6. The van der Waals surface area contributed by atoms with E-state index in [-0.39, 0.29) is 36.5 Å². The molecular weight excluding hydrogens is 440 g/mol. The van der Waals surface area contributed by atoms with Gasteiger partial charge in [-0.05, 0) is 20.8 Å². The van der Waals surface area contributed by atoms with Gasteiger partial charge in [-0.3, -0.25) is 0 Å². The lowest BCUT2D eigenvalue weighted by molar-refractivity contribution is -0.160. The van der Waals surface area contributed by atoms with Gasteiger partial charge >= 0.3 is 17.9 Å². The Balaban J connectivity index is 0. The van der Waals surface area contributed by atoms with E-state index in [2.05, 4.69) is 19.7 Å². The third kappa shape index (κ3) is 12.3. The Morgan fingerprint density at radius 3 is 0.879 bits per heavy atom. The van der Waals surface area contributed by atoms with Gasteiger partial charge in [0.25, 0.3) is 0 Å². The first-order valence-corrected chi connectivity index (χ1v) is 9.81. The van der Waals surface area contributed by atoms with Crippen molar-refractivity contribution in [2.45, 2.75) is 20.8 Å². The van der Waals surface area contributed by atoms with E-state index in [0.717, 1.165) is 0 Å². The van der Waals surface area contributed by atoms with Crippen molar-refractivity contribution in [1.82, 2.24) is 0 Å². The van der Waals surface area contributed by atoms with Crippen LogP contribution in [0.3, 0.4) is 0 Å². The molecule has 0 radical (unpaired) electrons. The molecule has 0 unspecified atom stereocenters. The molecule has 0 aliphatic carbocycles. The number of aliphatic hydroxyl groups is 5.